The van der Waals surface area contributed by atoms with Crippen LogP contribution in [0.2, 0.25) is 10.0 Å². The van der Waals surface area contributed by atoms with E-state index in [-0.39, 0.29) is 32.1 Å². The van der Waals surface area contributed by atoms with Crippen LogP contribution in [-0.2, 0) is 24.8 Å². The van der Waals surface area contributed by atoms with Gasteiger partial charge in [0, 0.05) is 28.1 Å². The van der Waals surface area contributed by atoms with Crippen molar-refractivity contribution >= 4 is 66.5 Å². The van der Waals surface area contributed by atoms with Crippen LogP contribution in [0, 0.1) is 0 Å². The van der Waals surface area contributed by atoms with Crippen molar-refractivity contribution in [2.75, 3.05) is 20.9 Å². The average molecular weight is 592 g/mol. The fourth-order valence-electron chi connectivity index (χ4n) is 3.26. The molecule has 0 spiro atoms. The van der Waals surface area contributed by atoms with Crippen LogP contribution in [0.5, 0.6) is 0 Å². The Kier molecular flexibility index (Phi) is 8.17. The van der Waals surface area contributed by atoms with Crippen molar-refractivity contribution in [3.8, 4) is 0 Å². The van der Waals surface area contributed by atoms with Crippen LogP contribution in [0.15, 0.2) is 101 Å². The molecule has 196 valence electrons. The summed E-state index contributed by atoms with van der Waals surface area (Å²) in [5, 5.41) is 3.22. The standard InChI is InChI=1S/C24H19Cl2N5O5S2/c25-17-5-9-22(10-6-17)38(35,36)31(20-4-1-3-18(26)15-20)16-23(32)29-19-7-11-21(12-8-19)37(33,34)30-24-27-13-2-14-28-24/h1-15H,16H2,(H,29,32)(H,27,28,30). The molecule has 38 heavy (non-hydrogen) atoms. The van der Waals surface area contributed by atoms with Gasteiger partial charge in [0.2, 0.25) is 11.9 Å². The zero-order valence-electron chi connectivity index (χ0n) is 19.3. The van der Waals surface area contributed by atoms with Gasteiger partial charge in [-0.25, -0.2) is 31.5 Å². The Bertz CT molecular complexity index is 1650. The number of nitrogens with one attached hydrogen (secondary N) is 2. The number of aromatic nitrogens is 2. The van der Waals surface area contributed by atoms with Crippen molar-refractivity contribution < 1.29 is 21.6 Å². The van der Waals surface area contributed by atoms with E-state index in [9.17, 15) is 21.6 Å². The smallest absolute Gasteiger partial charge is 0.264 e. The number of anilines is 3. The molecule has 0 radical (unpaired) electrons. The molecule has 2 N–H and O–H groups in total. The maximum Gasteiger partial charge on any atom is 0.264 e. The molecule has 0 saturated heterocycles. The van der Waals surface area contributed by atoms with Crippen molar-refractivity contribution in [2.45, 2.75) is 9.79 Å². The summed E-state index contributed by atoms with van der Waals surface area (Å²) in [5.74, 6) is -0.762. The summed E-state index contributed by atoms with van der Waals surface area (Å²) in [7, 11) is -8.14. The van der Waals surface area contributed by atoms with Gasteiger partial charge in [0.1, 0.15) is 6.54 Å². The van der Waals surface area contributed by atoms with Crippen LogP contribution in [-0.4, -0.2) is 39.3 Å². The highest BCUT2D eigenvalue weighted by atomic mass is 35.5. The topological polar surface area (TPSA) is 138 Å². The van der Waals surface area contributed by atoms with Crippen molar-refractivity contribution in [3.05, 3.63) is 101 Å². The largest absolute Gasteiger partial charge is 0.325 e. The molecule has 0 aliphatic rings. The summed E-state index contributed by atoms with van der Waals surface area (Å²) < 4.78 is 55.1. The van der Waals surface area contributed by atoms with Gasteiger partial charge in [-0.3, -0.25) is 9.10 Å². The SMILES string of the molecule is O=C(CN(c1cccc(Cl)c1)S(=O)(=O)c1ccc(Cl)cc1)Nc1ccc(S(=O)(=O)Nc2ncccn2)cc1. The van der Waals surface area contributed by atoms with E-state index in [1.54, 1.807) is 18.2 Å². The number of halogens is 2. The lowest BCUT2D eigenvalue weighted by atomic mass is 10.3. The van der Waals surface area contributed by atoms with Crippen molar-refractivity contribution in [1.82, 2.24) is 9.97 Å². The number of carbonyl (C=O) groups is 1. The number of rotatable bonds is 9. The van der Waals surface area contributed by atoms with Gasteiger partial charge < -0.3 is 5.32 Å². The monoisotopic (exact) mass is 591 g/mol. The molecule has 1 amide bonds. The first-order chi connectivity index (χ1) is 18.0. The van der Waals surface area contributed by atoms with E-state index in [2.05, 4.69) is 20.0 Å². The van der Waals surface area contributed by atoms with Crippen LogP contribution in [0.3, 0.4) is 0 Å². The molecule has 0 unspecified atom stereocenters. The summed E-state index contributed by atoms with van der Waals surface area (Å²) >= 11 is 12.0. The van der Waals surface area contributed by atoms with Gasteiger partial charge in [-0.2, -0.15) is 0 Å². The normalized spacial score (nSPS) is 11.5. The lowest BCUT2D eigenvalue weighted by Gasteiger charge is -2.24. The Balaban J connectivity index is 1.53. The number of amides is 1. The highest BCUT2D eigenvalue weighted by Crippen LogP contribution is 2.27. The third-order valence-corrected chi connectivity index (χ3v) is 8.64. The second kappa shape index (κ2) is 11.4. The van der Waals surface area contributed by atoms with E-state index in [4.69, 9.17) is 23.2 Å². The third-order valence-electron chi connectivity index (χ3n) is 5.02. The first kappa shape index (κ1) is 27.3. The van der Waals surface area contributed by atoms with Gasteiger partial charge in [-0.05, 0) is 72.8 Å². The van der Waals surface area contributed by atoms with Crippen LogP contribution in [0.25, 0.3) is 0 Å². The third kappa shape index (κ3) is 6.58. The maximum atomic E-state index is 13.4. The van der Waals surface area contributed by atoms with Crippen LogP contribution in [0.1, 0.15) is 0 Å². The number of carbonyl (C=O) groups excluding carboxylic acids is 1. The quantitative estimate of drug-likeness (QED) is 0.294. The summed E-state index contributed by atoms with van der Waals surface area (Å²) in [6.07, 6.45) is 2.78. The Hall–Kier alpha value is -3.71. The van der Waals surface area contributed by atoms with Gasteiger partial charge in [0.15, 0.2) is 0 Å². The lowest BCUT2D eigenvalue weighted by molar-refractivity contribution is -0.114. The van der Waals surface area contributed by atoms with Gasteiger partial charge in [0.05, 0.1) is 15.5 Å². The Labute approximate surface area is 229 Å². The highest BCUT2D eigenvalue weighted by molar-refractivity contribution is 7.93. The van der Waals surface area contributed by atoms with Crippen LogP contribution < -0.4 is 14.3 Å². The van der Waals surface area contributed by atoms with E-state index in [0.717, 1.165) is 4.31 Å². The zero-order valence-corrected chi connectivity index (χ0v) is 22.5. The molecule has 0 fully saturated rings. The maximum absolute atomic E-state index is 13.4. The molecule has 14 heteroatoms. The molecular weight excluding hydrogens is 573 g/mol. The Morgan fingerprint density at radius 2 is 1.42 bits per heavy atom. The zero-order chi connectivity index (χ0) is 27.3. The Morgan fingerprint density at radius 1 is 0.789 bits per heavy atom. The summed E-state index contributed by atoms with van der Waals surface area (Å²) in [5.41, 5.74) is 0.429. The molecule has 4 rings (SSSR count). The summed E-state index contributed by atoms with van der Waals surface area (Å²) in [6.45, 7) is -0.585. The second-order valence-electron chi connectivity index (χ2n) is 7.70. The molecule has 3 aromatic carbocycles. The summed E-state index contributed by atoms with van der Waals surface area (Å²) in [6, 6.07) is 18.4. The molecule has 0 saturated carbocycles. The predicted octanol–water partition coefficient (Wildman–Crippen LogP) is 4.42. The minimum atomic E-state index is -4.18. The Morgan fingerprint density at radius 3 is 2.05 bits per heavy atom. The summed E-state index contributed by atoms with van der Waals surface area (Å²) in [4.78, 5) is 20.4. The number of nitrogens with zero attached hydrogens (tertiary/aromatic N) is 3. The minimum absolute atomic E-state index is 0.0702. The first-order valence-corrected chi connectivity index (χ1v) is 14.5. The number of hydrogen-bond donors (Lipinski definition) is 2. The van der Waals surface area contributed by atoms with Crippen molar-refractivity contribution in [3.63, 3.8) is 0 Å². The molecular formula is C24H19Cl2N5O5S2. The molecule has 10 nitrogen and oxygen atoms in total. The van der Waals surface area contributed by atoms with Gasteiger partial charge >= 0.3 is 0 Å². The van der Waals surface area contributed by atoms with Crippen LogP contribution >= 0.6 is 23.2 Å². The molecule has 1 heterocycles. The number of hydrogen-bond acceptors (Lipinski definition) is 7. The number of benzene rings is 3. The average Bonchev–Trinajstić information content (AvgIpc) is 2.88. The van der Waals surface area contributed by atoms with E-state index >= 15 is 0 Å². The molecule has 0 atom stereocenters. The van der Waals surface area contributed by atoms with E-state index in [0.29, 0.717) is 5.02 Å². The molecule has 0 aliphatic carbocycles. The first-order valence-electron chi connectivity index (χ1n) is 10.8. The molecule has 1 aromatic heterocycles. The van der Waals surface area contributed by atoms with E-state index in [1.807, 2.05) is 0 Å². The second-order valence-corrected chi connectivity index (χ2v) is 12.1. The van der Waals surface area contributed by atoms with E-state index in [1.165, 1.54) is 73.1 Å². The van der Waals surface area contributed by atoms with Crippen molar-refractivity contribution in [2.24, 2.45) is 0 Å². The number of sulfonamides is 2. The predicted molar refractivity (Wildman–Crippen MR) is 145 cm³/mol. The minimum Gasteiger partial charge on any atom is -0.325 e. The van der Waals surface area contributed by atoms with Gasteiger partial charge in [-0.15, -0.1) is 0 Å². The molecule has 0 aliphatic heterocycles. The molecule has 0 bridgehead atoms. The lowest BCUT2D eigenvalue weighted by Crippen LogP contribution is -2.38. The fraction of sp³-hybridized carbons (Fsp3) is 0.0417. The highest BCUT2D eigenvalue weighted by Gasteiger charge is 2.27. The van der Waals surface area contributed by atoms with Crippen LogP contribution in [0.4, 0.5) is 17.3 Å². The van der Waals surface area contributed by atoms with Gasteiger partial charge in [0.25, 0.3) is 20.0 Å². The molecule has 4 aromatic rings. The van der Waals surface area contributed by atoms with E-state index < -0.39 is 32.5 Å². The fourth-order valence-corrected chi connectivity index (χ4v) is 5.94. The van der Waals surface area contributed by atoms with Gasteiger partial charge in [-0.1, -0.05) is 29.3 Å². The van der Waals surface area contributed by atoms with Crippen molar-refractivity contribution in [1.29, 1.82) is 0 Å².